The molecular formula is C40H65N2O6P. The maximum Gasteiger partial charge on any atom is 0.472 e. The van der Waals surface area contributed by atoms with Crippen molar-refractivity contribution in [2.45, 2.75) is 116 Å². The molecule has 0 aromatic carbocycles. The van der Waals surface area contributed by atoms with Crippen molar-refractivity contribution in [3.63, 3.8) is 0 Å². The minimum atomic E-state index is -4.36. The zero-order valence-electron chi connectivity index (χ0n) is 30.1. The highest BCUT2D eigenvalue weighted by molar-refractivity contribution is 7.47. The molecule has 0 saturated carbocycles. The Morgan fingerprint density at radius 1 is 0.714 bits per heavy atom. The fourth-order valence-electron chi connectivity index (χ4n) is 4.23. The van der Waals surface area contributed by atoms with Crippen molar-refractivity contribution in [1.29, 1.82) is 0 Å². The first-order chi connectivity index (χ1) is 23.9. The van der Waals surface area contributed by atoms with Gasteiger partial charge in [-0.05, 0) is 90.4 Å². The van der Waals surface area contributed by atoms with Gasteiger partial charge in [0, 0.05) is 13.0 Å². The Hall–Kier alpha value is -2.84. The van der Waals surface area contributed by atoms with Crippen LogP contribution < -0.4 is 11.1 Å². The van der Waals surface area contributed by atoms with Crippen LogP contribution in [0.15, 0.2) is 109 Å². The summed E-state index contributed by atoms with van der Waals surface area (Å²) in [6, 6.07) is -0.912. The minimum Gasteiger partial charge on any atom is -0.387 e. The van der Waals surface area contributed by atoms with Gasteiger partial charge in [0.1, 0.15) is 0 Å². The van der Waals surface area contributed by atoms with Crippen molar-refractivity contribution in [3.05, 3.63) is 109 Å². The molecule has 49 heavy (non-hydrogen) atoms. The second-order valence-electron chi connectivity index (χ2n) is 11.3. The highest BCUT2D eigenvalue weighted by Gasteiger charge is 2.26. The molecule has 3 unspecified atom stereocenters. The predicted octanol–water partition coefficient (Wildman–Crippen LogP) is 9.43. The molecule has 0 spiro atoms. The van der Waals surface area contributed by atoms with Crippen LogP contribution >= 0.6 is 7.82 Å². The largest absolute Gasteiger partial charge is 0.472 e. The molecule has 0 heterocycles. The van der Waals surface area contributed by atoms with Gasteiger partial charge in [-0.1, -0.05) is 116 Å². The number of hydrogen-bond donors (Lipinski definition) is 4. The van der Waals surface area contributed by atoms with Crippen LogP contribution in [0.5, 0.6) is 0 Å². The first kappa shape index (κ1) is 46.2. The van der Waals surface area contributed by atoms with Crippen LogP contribution in [0.3, 0.4) is 0 Å². The van der Waals surface area contributed by atoms with E-state index in [1.807, 2.05) is 19.1 Å². The summed E-state index contributed by atoms with van der Waals surface area (Å²) in [5.41, 5.74) is 5.33. The number of nitrogens with one attached hydrogen (secondary N) is 1. The quantitative estimate of drug-likeness (QED) is 0.0322. The van der Waals surface area contributed by atoms with Crippen molar-refractivity contribution < 1.29 is 28.4 Å². The van der Waals surface area contributed by atoms with Crippen molar-refractivity contribution in [2.24, 2.45) is 5.73 Å². The van der Waals surface area contributed by atoms with E-state index in [0.717, 1.165) is 70.6 Å². The van der Waals surface area contributed by atoms with Crippen molar-refractivity contribution in [2.75, 3.05) is 19.8 Å². The topological polar surface area (TPSA) is 131 Å². The van der Waals surface area contributed by atoms with Crippen LogP contribution in [0.2, 0.25) is 0 Å². The molecule has 5 N–H and O–H groups in total. The number of allylic oxidation sites excluding steroid dienone is 17. The van der Waals surface area contributed by atoms with E-state index in [9.17, 15) is 19.4 Å². The van der Waals surface area contributed by atoms with Crippen molar-refractivity contribution in [3.8, 4) is 0 Å². The molecule has 0 aliphatic carbocycles. The first-order valence-electron chi connectivity index (χ1n) is 18.0. The molecule has 0 aliphatic heterocycles. The SMILES string of the molecule is C/C=C/CC/C=C/CC/C=C/C(O)C(COP(=O)(O)OCCN)NC(=O)CCCC/C=C\C/C=C\C/C=C\C/C=C\C/C=C\C/C=C\CC. The number of hydrogen-bond acceptors (Lipinski definition) is 6. The van der Waals surface area contributed by atoms with E-state index in [0.29, 0.717) is 12.8 Å². The number of nitrogens with two attached hydrogens (primary N) is 1. The fourth-order valence-corrected chi connectivity index (χ4v) is 4.99. The lowest BCUT2D eigenvalue weighted by molar-refractivity contribution is -0.123. The lowest BCUT2D eigenvalue weighted by Crippen LogP contribution is -2.45. The van der Waals surface area contributed by atoms with Crippen LogP contribution in [0.1, 0.15) is 104 Å². The second-order valence-corrected chi connectivity index (χ2v) is 12.8. The zero-order chi connectivity index (χ0) is 36.1. The van der Waals surface area contributed by atoms with Gasteiger partial charge in [0.05, 0.1) is 25.4 Å². The lowest BCUT2D eigenvalue weighted by atomic mass is 10.1. The van der Waals surface area contributed by atoms with Gasteiger partial charge in [0.2, 0.25) is 5.91 Å². The van der Waals surface area contributed by atoms with Gasteiger partial charge in [0.25, 0.3) is 0 Å². The summed E-state index contributed by atoms with van der Waals surface area (Å²) in [6.07, 6.45) is 48.8. The van der Waals surface area contributed by atoms with Crippen LogP contribution in [-0.4, -0.2) is 47.8 Å². The monoisotopic (exact) mass is 700 g/mol. The number of carbonyl (C=O) groups is 1. The van der Waals surface area contributed by atoms with E-state index < -0.39 is 20.0 Å². The molecular weight excluding hydrogens is 635 g/mol. The van der Waals surface area contributed by atoms with E-state index in [2.05, 4.69) is 103 Å². The third-order valence-corrected chi connectivity index (χ3v) is 7.89. The molecule has 9 heteroatoms. The number of aliphatic hydroxyl groups is 1. The Morgan fingerprint density at radius 2 is 1.20 bits per heavy atom. The van der Waals surface area contributed by atoms with Gasteiger partial charge >= 0.3 is 7.82 Å². The molecule has 276 valence electrons. The molecule has 1 amide bonds. The number of unbranched alkanes of at least 4 members (excludes halogenated alkanes) is 4. The highest BCUT2D eigenvalue weighted by Crippen LogP contribution is 2.43. The summed E-state index contributed by atoms with van der Waals surface area (Å²) in [5, 5.41) is 13.5. The Kier molecular flexibility index (Phi) is 33.0. The number of phosphoric ester groups is 1. The number of rotatable bonds is 31. The third kappa shape index (κ3) is 33.4. The average Bonchev–Trinajstić information content (AvgIpc) is 3.09. The molecule has 0 saturated heterocycles. The van der Waals surface area contributed by atoms with Crippen LogP contribution in [0.25, 0.3) is 0 Å². The predicted molar refractivity (Wildman–Crippen MR) is 207 cm³/mol. The molecule has 3 atom stereocenters. The first-order valence-corrected chi connectivity index (χ1v) is 19.5. The second kappa shape index (κ2) is 35.0. The molecule has 0 fully saturated rings. The van der Waals surface area contributed by atoms with Crippen molar-refractivity contribution in [1.82, 2.24) is 5.32 Å². The lowest BCUT2D eigenvalue weighted by Gasteiger charge is -2.23. The summed E-state index contributed by atoms with van der Waals surface area (Å²) < 4.78 is 21.9. The van der Waals surface area contributed by atoms with Gasteiger partial charge in [-0.2, -0.15) is 0 Å². The van der Waals surface area contributed by atoms with Crippen LogP contribution in [0, 0.1) is 0 Å². The Bertz CT molecular complexity index is 1120. The van der Waals surface area contributed by atoms with E-state index in [1.165, 1.54) is 0 Å². The Morgan fingerprint density at radius 3 is 1.73 bits per heavy atom. The normalized spacial score (nSPS) is 15.6. The smallest absolute Gasteiger partial charge is 0.387 e. The van der Waals surface area contributed by atoms with E-state index >= 15 is 0 Å². The Labute approximate surface area is 297 Å². The zero-order valence-corrected chi connectivity index (χ0v) is 31.0. The number of carbonyl (C=O) groups excluding carboxylic acids is 1. The molecule has 8 nitrogen and oxygen atoms in total. The van der Waals surface area contributed by atoms with Gasteiger partial charge in [-0.3, -0.25) is 13.8 Å². The highest BCUT2D eigenvalue weighted by atomic mass is 31.2. The van der Waals surface area contributed by atoms with E-state index in [4.69, 9.17) is 14.8 Å². The minimum absolute atomic E-state index is 0.0573. The number of phosphoric acid groups is 1. The van der Waals surface area contributed by atoms with Crippen LogP contribution in [-0.2, 0) is 18.4 Å². The summed E-state index contributed by atoms with van der Waals surface area (Å²) in [6.45, 7) is 3.67. The van der Waals surface area contributed by atoms with Gasteiger partial charge in [0.15, 0.2) is 0 Å². The average molecular weight is 701 g/mol. The van der Waals surface area contributed by atoms with Gasteiger partial charge < -0.3 is 21.1 Å². The maximum absolute atomic E-state index is 12.6. The molecule has 0 rings (SSSR count). The van der Waals surface area contributed by atoms with Crippen molar-refractivity contribution >= 4 is 13.7 Å². The molecule has 0 aliphatic rings. The standard InChI is InChI=1S/C40H65N2O6P/c1-3-5-7-9-11-13-14-15-16-17-18-19-20-21-22-23-24-26-28-30-32-34-40(44)42-38(37-48-49(45,46)47-36-35-41)39(43)33-31-29-27-25-12-10-8-6-4-2/h4-7,11-13,15-16,18-19,21-22,24-26,31,33,38-39,43H,3,8-10,14,17,20,23,27-30,32,34-37,41H2,1-2H3,(H,42,44)(H,45,46)/b6-4+,7-5-,13-11-,16-15-,19-18-,22-21-,25-12+,26-24-,33-31+. The third-order valence-electron chi connectivity index (χ3n) is 6.90. The molecule has 0 aromatic rings. The van der Waals surface area contributed by atoms with E-state index in [1.54, 1.807) is 6.08 Å². The van der Waals surface area contributed by atoms with E-state index in [-0.39, 0.29) is 32.1 Å². The molecule has 0 radical (unpaired) electrons. The summed E-state index contributed by atoms with van der Waals surface area (Å²) in [4.78, 5) is 22.5. The van der Waals surface area contributed by atoms with Gasteiger partial charge in [-0.25, -0.2) is 4.57 Å². The summed E-state index contributed by atoms with van der Waals surface area (Å²) >= 11 is 0. The van der Waals surface area contributed by atoms with Crippen LogP contribution in [0.4, 0.5) is 0 Å². The number of amides is 1. The molecule has 0 bridgehead atoms. The number of aliphatic hydroxyl groups excluding tert-OH is 1. The fraction of sp³-hybridized carbons (Fsp3) is 0.525. The molecule has 0 aromatic heterocycles. The summed E-state index contributed by atoms with van der Waals surface area (Å²) in [7, 11) is -4.36. The Balaban J connectivity index is 4.41. The maximum atomic E-state index is 12.6. The summed E-state index contributed by atoms with van der Waals surface area (Å²) in [5.74, 6) is -0.261. The van der Waals surface area contributed by atoms with Gasteiger partial charge in [-0.15, -0.1) is 0 Å².